The molecule has 0 saturated carbocycles. The van der Waals surface area contributed by atoms with Crippen molar-refractivity contribution in [2.24, 2.45) is 0 Å². The smallest absolute Gasteiger partial charge is 0.140 e. The molecule has 2 nitrogen and oxygen atoms in total. The van der Waals surface area contributed by atoms with Crippen LogP contribution in [0.1, 0.15) is 25.2 Å². The molecule has 0 radical (unpaired) electrons. The van der Waals surface area contributed by atoms with Crippen molar-refractivity contribution >= 4 is 15.9 Å². The molecule has 0 aliphatic heterocycles. The molecule has 1 atom stereocenters. The van der Waals surface area contributed by atoms with Gasteiger partial charge in [-0.2, -0.15) is 0 Å². The highest BCUT2D eigenvalue weighted by atomic mass is 79.9. The monoisotopic (exact) mass is 316 g/mol. The van der Waals surface area contributed by atoms with E-state index in [1.54, 1.807) is 12.1 Å². The molecule has 0 fully saturated rings. The van der Waals surface area contributed by atoms with Gasteiger partial charge < -0.3 is 9.52 Å². The molecule has 5 heteroatoms. The summed E-state index contributed by atoms with van der Waals surface area (Å²) in [5.74, 6) is -0.748. The average Bonchev–Trinajstić information content (AvgIpc) is 2.82. The fraction of sp³-hybridized carbons (Fsp3) is 0.231. The van der Waals surface area contributed by atoms with Gasteiger partial charge in [-0.3, -0.25) is 0 Å². The summed E-state index contributed by atoms with van der Waals surface area (Å²) in [7, 11) is 0. The second kappa shape index (κ2) is 5.20. The van der Waals surface area contributed by atoms with Crippen molar-refractivity contribution in [2.45, 2.75) is 19.4 Å². The Morgan fingerprint density at radius 3 is 2.67 bits per heavy atom. The number of benzene rings is 1. The summed E-state index contributed by atoms with van der Waals surface area (Å²) in [6.07, 6.45) is -0.214. The molecule has 0 spiro atoms. The molecule has 1 unspecified atom stereocenters. The molecule has 96 valence electrons. The SMILES string of the molecule is CCC(O)c1ccc(-c2cc(Br)c(F)cc2F)o1. The molecule has 1 N–H and O–H groups in total. The number of hydrogen-bond acceptors (Lipinski definition) is 2. The zero-order valence-corrected chi connectivity index (χ0v) is 11.2. The van der Waals surface area contributed by atoms with Gasteiger partial charge in [-0.25, -0.2) is 8.78 Å². The molecule has 0 amide bonds. The normalized spacial score (nSPS) is 12.7. The molecular weight excluding hydrogens is 306 g/mol. The van der Waals surface area contributed by atoms with Crippen LogP contribution in [0, 0.1) is 11.6 Å². The number of aliphatic hydroxyl groups is 1. The quantitative estimate of drug-likeness (QED) is 0.850. The number of furan rings is 1. The van der Waals surface area contributed by atoms with E-state index in [1.165, 1.54) is 6.07 Å². The molecule has 1 aromatic carbocycles. The Morgan fingerprint density at radius 1 is 1.28 bits per heavy atom. The van der Waals surface area contributed by atoms with Gasteiger partial charge in [0.1, 0.15) is 29.3 Å². The average molecular weight is 317 g/mol. The number of aliphatic hydroxyl groups excluding tert-OH is 1. The maximum atomic E-state index is 13.6. The maximum Gasteiger partial charge on any atom is 0.140 e. The number of rotatable bonds is 3. The maximum absolute atomic E-state index is 13.6. The molecule has 0 bridgehead atoms. The molecule has 2 aromatic rings. The third-order valence-corrected chi connectivity index (χ3v) is 3.23. The molecule has 2 rings (SSSR count). The van der Waals surface area contributed by atoms with Crippen LogP contribution in [0.4, 0.5) is 8.78 Å². The lowest BCUT2D eigenvalue weighted by Crippen LogP contribution is -1.91. The van der Waals surface area contributed by atoms with Gasteiger partial charge in [-0.1, -0.05) is 6.92 Å². The number of halogens is 3. The second-order valence-corrected chi connectivity index (χ2v) is 4.73. The predicted molar refractivity (Wildman–Crippen MR) is 67.0 cm³/mol. The van der Waals surface area contributed by atoms with Crippen molar-refractivity contribution in [1.29, 1.82) is 0 Å². The van der Waals surface area contributed by atoms with E-state index in [0.29, 0.717) is 12.2 Å². The summed E-state index contributed by atoms with van der Waals surface area (Å²) < 4.78 is 32.3. The van der Waals surface area contributed by atoms with Gasteiger partial charge in [0, 0.05) is 6.07 Å². The Morgan fingerprint density at radius 2 is 2.00 bits per heavy atom. The van der Waals surface area contributed by atoms with Crippen LogP contribution in [0.25, 0.3) is 11.3 Å². The minimum absolute atomic E-state index is 0.151. The minimum Gasteiger partial charge on any atom is -0.458 e. The van der Waals surface area contributed by atoms with Crippen molar-refractivity contribution < 1.29 is 18.3 Å². The first-order valence-corrected chi connectivity index (χ1v) is 6.25. The summed E-state index contributed by atoms with van der Waals surface area (Å²) in [5.41, 5.74) is 0.151. The largest absolute Gasteiger partial charge is 0.458 e. The highest BCUT2D eigenvalue weighted by Crippen LogP contribution is 2.31. The number of hydrogen-bond donors (Lipinski definition) is 1. The Hall–Kier alpha value is -1.20. The standard InChI is InChI=1S/C13H11BrF2O2/c1-2-11(17)13-4-3-12(18-13)7-5-8(14)10(16)6-9(7)15/h3-6,11,17H,2H2,1H3. The van der Waals surface area contributed by atoms with E-state index in [4.69, 9.17) is 4.42 Å². The first-order valence-electron chi connectivity index (χ1n) is 5.45. The van der Waals surface area contributed by atoms with Gasteiger partial charge in [0.15, 0.2) is 0 Å². The molecule has 0 saturated heterocycles. The van der Waals surface area contributed by atoms with Gasteiger partial charge in [-0.15, -0.1) is 0 Å². The lowest BCUT2D eigenvalue weighted by molar-refractivity contribution is 0.146. The molecule has 1 heterocycles. The Labute approximate surface area is 111 Å². The van der Waals surface area contributed by atoms with Crippen LogP contribution in [0.5, 0.6) is 0 Å². The van der Waals surface area contributed by atoms with E-state index in [2.05, 4.69) is 15.9 Å². The lowest BCUT2D eigenvalue weighted by Gasteiger charge is -2.04. The zero-order chi connectivity index (χ0) is 13.3. The van der Waals surface area contributed by atoms with Gasteiger partial charge in [0.25, 0.3) is 0 Å². The summed E-state index contributed by atoms with van der Waals surface area (Å²) in [6, 6.07) is 5.24. The van der Waals surface area contributed by atoms with E-state index in [-0.39, 0.29) is 15.8 Å². The van der Waals surface area contributed by atoms with Crippen molar-refractivity contribution in [3.63, 3.8) is 0 Å². The van der Waals surface area contributed by atoms with Crippen LogP contribution < -0.4 is 0 Å². The van der Waals surface area contributed by atoms with Gasteiger partial charge in [0.2, 0.25) is 0 Å². The molecule has 0 aliphatic rings. The van der Waals surface area contributed by atoms with E-state index >= 15 is 0 Å². The van der Waals surface area contributed by atoms with Crippen molar-refractivity contribution in [3.8, 4) is 11.3 Å². The highest BCUT2D eigenvalue weighted by molar-refractivity contribution is 9.10. The molecule has 0 aliphatic carbocycles. The van der Waals surface area contributed by atoms with E-state index in [9.17, 15) is 13.9 Å². The summed E-state index contributed by atoms with van der Waals surface area (Å²) in [5, 5.41) is 9.60. The molecule has 18 heavy (non-hydrogen) atoms. The van der Waals surface area contributed by atoms with Crippen molar-refractivity contribution in [3.05, 3.63) is 46.1 Å². The third-order valence-electron chi connectivity index (χ3n) is 2.62. The molecule has 1 aromatic heterocycles. The zero-order valence-electron chi connectivity index (χ0n) is 9.58. The van der Waals surface area contributed by atoms with Gasteiger partial charge in [0.05, 0.1) is 10.0 Å². The topological polar surface area (TPSA) is 33.4 Å². The Kier molecular flexibility index (Phi) is 3.82. The predicted octanol–water partition coefficient (Wildman–Crippen LogP) is 4.43. The van der Waals surface area contributed by atoms with Crippen LogP contribution in [0.3, 0.4) is 0 Å². The van der Waals surface area contributed by atoms with E-state index in [0.717, 1.165) is 6.07 Å². The van der Waals surface area contributed by atoms with Gasteiger partial charge in [-0.05, 0) is 40.5 Å². The Balaban J connectivity index is 2.43. The van der Waals surface area contributed by atoms with Crippen LogP contribution in [-0.2, 0) is 0 Å². The summed E-state index contributed by atoms with van der Waals surface area (Å²) in [6.45, 7) is 1.81. The van der Waals surface area contributed by atoms with Crippen molar-refractivity contribution in [1.82, 2.24) is 0 Å². The van der Waals surface area contributed by atoms with E-state index in [1.807, 2.05) is 6.92 Å². The second-order valence-electron chi connectivity index (χ2n) is 3.87. The highest BCUT2D eigenvalue weighted by Gasteiger charge is 2.15. The third kappa shape index (κ3) is 2.47. The van der Waals surface area contributed by atoms with E-state index < -0.39 is 17.7 Å². The minimum atomic E-state index is -0.717. The fourth-order valence-electron chi connectivity index (χ4n) is 1.59. The Bertz CT molecular complexity index is 566. The van der Waals surface area contributed by atoms with Crippen LogP contribution >= 0.6 is 15.9 Å². The molecular formula is C13H11BrF2O2. The summed E-state index contributed by atoms with van der Waals surface area (Å²) in [4.78, 5) is 0. The van der Waals surface area contributed by atoms with Gasteiger partial charge >= 0.3 is 0 Å². The van der Waals surface area contributed by atoms with Crippen LogP contribution in [0.2, 0.25) is 0 Å². The van der Waals surface area contributed by atoms with Crippen molar-refractivity contribution in [2.75, 3.05) is 0 Å². The first-order chi connectivity index (χ1) is 8.52. The fourth-order valence-corrected chi connectivity index (χ4v) is 1.93. The first kappa shape index (κ1) is 13.2. The summed E-state index contributed by atoms with van der Waals surface area (Å²) >= 11 is 2.99. The lowest BCUT2D eigenvalue weighted by atomic mass is 10.1. The van der Waals surface area contributed by atoms with Crippen LogP contribution in [0.15, 0.2) is 33.2 Å². The van der Waals surface area contributed by atoms with Crippen LogP contribution in [-0.4, -0.2) is 5.11 Å².